The van der Waals surface area contributed by atoms with Crippen molar-refractivity contribution in [3.05, 3.63) is 76.1 Å². The fraction of sp³-hybridized carbons (Fsp3) is 0.105. The number of anilines is 1. The predicted octanol–water partition coefficient (Wildman–Crippen LogP) is 4.27. The Labute approximate surface area is 150 Å². The third-order valence-electron chi connectivity index (χ3n) is 3.85. The number of carbonyl (C=O) groups excluding carboxylic acids is 1. The van der Waals surface area contributed by atoms with Gasteiger partial charge < -0.3 is 5.32 Å². The fourth-order valence-corrected chi connectivity index (χ4v) is 2.58. The lowest BCUT2D eigenvalue weighted by atomic mass is 10.1. The van der Waals surface area contributed by atoms with Crippen molar-refractivity contribution in [2.45, 2.75) is 13.8 Å². The molecule has 0 unspecified atom stereocenters. The second-order valence-corrected chi connectivity index (χ2v) is 5.96. The van der Waals surface area contributed by atoms with Crippen LogP contribution in [0.2, 0.25) is 5.02 Å². The number of halogens is 1. The molecule has 5 nitrogen and oxygen atoms in total. The molecule has 1 N–H and O–H groups in total. The molecule has 0 aliphatic heterocycles. The van der Waals surface area contributed by atoms with E-state index >= 15 is 0 Å². The second-order valence-electron chi connectivity index (χ2n) is 5.59. The predicted molar refractivity (Wildman–Crippen MR) is 97.2 cm³/mol. The van der Waals surface area contributed by atoms with Crippen molar-refractivity contribution in [1.29, 1.82) is 5.26 Å². The molecule has 0 spiro atoms. The molecule has 3 rings (SSSR count). The molecule has 1 amide bonds. The minimum absolute atomic E-state index is 0.220. The van der Waals surface area contributed by atoms with Crippen LogP contribution >= 0.6 is 11.6 Å². The van der Waals surface area contributed by atoms with Gasteiger partial charge in [0.2, 0.25) is 0 Å². The summed E-state index contributed by atoms with van der Waals surface area (Å²) in [6.07, 6.45) is 0. The first kappa shape index (κ1) is 16.7. The first-order valence-corrected chi connectivity index (χ1v) is 8.01. The summed E-state index contributed by atoms with van der Waals surface area (Å²) in [5.74, 6) is -0.220. The largest absolute Gasteiger partial charge is 0.322 e. The molecule has 3 aromatic rings. The summed E-state index contributed by atoms with van der Waals surface area (Å²) >= 11 is 6.17. The van der Waals surface area contributed by atoms with Gasteiger partial charge in [0.15, 0.2) is 0 Å². The van der Waals surface area contributed by atoms with Crippen molar-refractivity contribution in [3.63, 3.8) is 0 Å². The molecule has 2 aromatic carbocycles. The second kappa shape index (κ2) is 6.80. The summed E-state index contributed by atoms with van der Waals surface area (Å²) < 4.78 is 1.75. The van der Waals surface area contributed by atoms with Gasteiger partial charge in [-0.15, -0.1) is 0 Å². The van der Waals surface area contributed by atoms with E-state index in [0.29, 0.717) is 21.8 Å². The number of carbonyl (C=O) groups is 1. The standard InChI is InChI=1S/C19H15ClN4O/c1-12-18(20)13(2)24(23-12)17-9-5-15(6-10-17)19(25)22-16-7-3-14(11-21)4-8-16/h3-10H,1-2H3,(H,22,25). The zero-order valence-electron chi connectivity index (χ0n) is 13.7. The smallest absolute Gasteiger partial charge is 0.255 e. The van der Waals surface area contributed by atoms with Crippen LogP contribution in [0.5, 0.6) is 0 Å². The van der Waals surface area contributed by atoms with Crippen molar-refractivity contribution in [2.75, 3.05) is 5.32 Å². The van der Waals surface area contributed by atoms with Gasteiger partial charge in [0.25, 0.3) is 5.91 Å². The van der Waals surface area contributed by atoms with Gasteiger partial charge in [-0.05, 0) is 62.4 Å². The van der Waals surface area contributed by atoms with Gasteiger partial charge in [-0.1, -0.05) is 11.6 Å². The quantitative estimate of drug-likeness (QED) is 0.766. The molecule has 0 saturated carbocycles. The molecule has 0 fully saturated rings. The van der Waals surface area contributed by atoms with Crippen molar-refractivity contribution in [1.82, 2.24) is 9.78 Å². The molecule has 0 aliphatic carbocycles. The van der Waals surface area contributed by atoms with Crippen LogP contribution in [0.3, 0.4) is 0 Å². The van der Waals surface area contributed by atoms with E-state index in [1.807, 2.05) is 32.0 Å². The number of rotatable bonds is 3. The average molecular weight is 351 g/mol. The summed E-state index contributed by atoms with van der Waals surface area (Å²) in [6.45, 7) is 3.75. The normalized spacial score (nSPS) is 10.3. The van der Waals surface area contributed by atoms with Gasteiger partial charge in [0.1, 0.15) is 0 Å². The van der Waals surface area contributed by atoms with Crippen molar-refractivity contribution >= 4 is 23.2 Å². The number of aromatic nitrogens is 2. The highest BCUT2D eigenvalue weighted by Crippen LogP contribution is 2.22. The molecule has 124 valence electrons. The zero-order valence-corrected chi connectivity index (χ0v) is 14.5. The van der Waals surface area contributed by atoms with Crippen LogP contribution in [-0.4, -0.2) is 15.7 Å². The first-order chi connectivity index (χ1) is 12.0. The molecule has 1 heterocycles. The van der Waals surface area contributed by atoms with Gasteiger partial charge in [0.05, 0.1) is 33.7 Å². The van der Waals surface area contributed by atoms with E-state index in [1.54, 1.807) is 41.1 Å². The number of hydrogen-bond acceptors (Lipinski definition) is 3. The monoisotopic (exact) mass is 350 g/mol. The summed E-state index contributed by atoms with van der Waals surface area (Å²) in [5, 5.41) is 16.6. The van der Waals surface area contributed by atoms with E-state index in [1.165, 1.54) is 0 Å². The lowest BCUT2D eigenvalue weighted by Gasteiger charge is -2.08. The Morgan fingerprint density at radius 1 is 1.12 bits per heavy atom. The molecule has 6 heteroatoms. The Kier molecular flexibility index (Phi) is 4.55. The highest BCUT2D eigenvalue weighted by Gasteiger charge is 2.12. The van der Waals surface area contributed by atoms with E-state index in [9.17, 15) is 4.79 Å². The Hall–Kier alpha value is -3.10. The van der Waals surface area contributed by atoms with Gasteiger partial charge in [-0.2, -0.15) is 10.4 Å². The van der Waals surface area contributed by atoms with Crippen LogP contribution in [0.25, 0.3) is 5.69 Å². The minimum Gasteiger partial charge on any atom is -0.322 e. The van der Waals surface area contributed by atoms with Crippen LogP contribution in [0.4, 0.5) is 5.69 Å². The number of amides is 1. The number of hydrogen-bond donors (Lipinski definition) is 1. The Morgan fingerprint density at radius 2 is 1.76 bits per heavy atom. The maximum absolute atomic E-state index is 12.3. The maximum Gasteiger partial charge on any atom is 0.255 e. The van der Waals surface area contributed by atoms with Crippen LogP contribution in [0.1, 0.15) is 27.3 Å². The topological polar surface area (TPSA) is 70.7 Å². The number of nitriles is 1. The summed E-state index contributed by atoms with van der Waals surface area (Å²) in [4.78, 5) is 12.3. The van der Waals surface area contributed by atoms with Crippen LogP contribution in [0, 0.1) is 25.2 Å². The highest BCUT2D eigenvalue weighted by molar-refractivity contribution is 6.31. The van der Waals surface area contributed by atoms with Crippen LogP contribution < -0.4 is 5.32 Å². The molecule has 0 radical (unpaired) electrons. The van der Waals surface area contributed by atoms with Gasteiger partial charge in [-0.25, -0.2) is 4.68 Å². The van der Waals surface area contributed by atoms with E-state index in [-0.39, 0.29) is 5.91 Å². The molecule has 0 bridgehead atoms. The maximum atomic E-state index is 12.3. The highest BCUT2D eigenvalue weighted by atomic mass is 35.5. The molecular weight excluding hydrogens is 336 g/mol. The van der Waals surface area contributed by atoms with Crippen molar-refractivity contribution in [2.24, 2.45) is 0 Å². The van der Waals surface area contributed by atoms with E-state index in [2.05, 4.69) is 10.4 Å². The SMILES string of the molecule is Cc1nn(-c2ccc(C(=O)Nc3ccc(C#N)cc3)cc2)c(C)c1Cl. The molecular formula is C19H15ClN4O. The minimum atomic E-state index is -0.220. The molecule has 0 saturated heterocycles. The first-order valence-electron chi connectivity index (χ1n) is 7.63. The van der Waals surface area contributed by atoms with E-state index in [4.69, 9.17) is 16.9 Å². The number of nitrogens with zero attached hydrogens (tertiary/aromatic N) is 3. The third-order valence-corrected chi connectivity index (χ3v) is 4.40. The fourth-order valence-electron chi connectivity index (χ4n) is 2.46. The molecule has 25 heavy (non-hydrogen) atoms. The van der Waals surface area contributed by atoms with Gasteiger partial charge >= 0.3 is 0 Å². The number of benzene rings is 2. The third kappa shape index (κ3) is 3.39. The summed E-state index contributed by atoms with van der Waals surface area (Å²) in [7, 11) is 0. The Bertz CT molecular complexity index is 966. The summed E-state index contributed by atoms with van der Waals surface area (Å²) in [5.41, 5.74) is 4.17. The summed E-state index contributed by atoms with van der Waals surface area (Å²) in [6, 6.07) is 15.9. The van der Waals surface area contributed by atoms with Gasteiger partial charge in [0, 0.05) is 11.3 Å². The lowest BCUT2D eigenvalue weighted by Crippen LogP contribution is -2.12. The zero-order chi connectivity index (χ0) is 18.0. The molecule has 0 atom stereocenters. The molecule has 1 aromatic heterocycles. The number of nitrogens with one attached hydrogen (secondary N) is 1. The lowest BCUT2D eigenvalue weighted by molar-refractivity contribution is 0.102. The van der Waals surface area contributed by atoms with Crippen molar-refractivity contribution in [3.8, 4) is 11.8 Å². The van der Waals surface area contributed by atoms with Gasteiger partial charge in [-0.3, -0.25) is 4.79 Å². The van der Waals surface area contributed by atoms with Crippen molar-refractivity contribution < 1.29 is 4.79 Å². The molecule has 0 aliphatic rings. The van der Waals surface area contributed by atoms with Crippen LogP contribution in [0.15, 0.2) is 48.5 Å². The Balaban J connectivity index is 1.78. The van der Waals surface area contributed by atoms with Crippen LogP contribution in [-0.2, 0) is 0 Å². The van der Waals surface area contributed by atoms with E-state index in [0.717, 1.165) is 17.1 Å². The Morgan fingerprint density at radius 3 is 2.28 bits per heavy atom. The number of aryl methyl sites for hydroxylation is 1. The van der Waals surface area contributed by atoms with E-state index < -0.39 is 0 Å². The average Bonchev–Trinajstić information content (AvgIpc) is 2.90.